The van der Waals surface area contributed by atoms with Gasteiger partial charge in [-0.15, -0.1) is 0 Å². The molecular weight excluding hydrogens is 262 g/mol. The van der Waals surface area contributed by atoms with Crippen LogP contribution >= 0.6 is 11.6 Å². The number of halogens is 1. The molecule has 1 N–H and O–H groups in total. The van der Waals surface area contributed by atoms with Gasteiger partial charge in [-0.05, 0) is 39.7 Å². The summed E-state index contributed by atoms with van der Waals surface area (Å²) < 4.78 is 8.07. The first-order chi connectivity index (χ1) is 9.12. The van der Waals surface area contributed by atoms with Crippen molar-refractivity contribution in [1.29, 1.82) is 0 Å². The van der Waals surface area contributed by atoms with E-state index in [2.05, 4.69) is 24.3 Å². The molecule has 5 heteroatoms. The van der Waals surface area contributed by atoms with Crippen LogP contribution in [0.4, 0.5) is 0 Å². The van der Waals surface area contributed by atoms with Gasteiger partial charge in [-0.25, -0.2) is 0 Å². The van der Waals surface area contributed by atoms with Crippen molar-refractivity contribution < 1.29 is 4.74 Å². The van der Waals surface area contributed by atoms with Gasteiger partial charge in [0.1, 0.15) is 0 Å². The van der Waals surface area contributed by atoms with Crippen molar-refractivity contribution in [2.75, 3.05) is 13.7 Å². The lowest BCUT2D eigenvalue weighted by atomic mass is 9.86. The average Bonchev–Trinajstić information content (AvgIpc) is 2.74. The van der Waals surface area contributed by atoms with Crippen molar-refractivity contribution in [3.05, 3.63) is 16.9 Å². The van der Waals surface area contributed by atoms with Crippen molar-refractivity contribution in [3.63, 3.8) is 0 Å². The average molecular weight is 286 g/mol. The first-order valence-corrected chi connectivity index (χ1v) is 7.52. The van der Waals surface area contributed by atoms with Crippen LogP contribution in [0.25, 0.3) is 0 Å². The lowest BCUT2D eigenvalue weighted by Crippen LogP contribution is -2.45. The largest absolute Gasteiger partial charge is 0.373 e. The zero-order valence-corrected chi connectivity index (χ0v) is 12.8. The molecule has 2 rings (SSSR count). The highest BCUT2D eigenvalue weighted by Crippen LogP contribution is 2.38. The van der Waals surface area contributed by atoms with Crippen LogP contribution in [0.1, 0.15) is 51.3 Å². The van der Waals surface area contributed by atoms with Gasteiger partial charge in [0.15, 0.2) is 0 Å². The van der Waals surface area contributed by atoms with Crippen molar-refractivity contribution in [2.24, 2.45) is 0 Å². The van der Waals surface area contributed by atoms with Gasteiger partial charge in [-0.2, -0.15) is 5.10 Å². The van der Waals surface area contributed by atoms with Crippen LogP contribution in [0, 0.1) is 0 Å². The number of nitrogens with one attached hydrogen (secondary N) is 1. The molecule has 0 aromatic carbocycles. The summed E-state index contributed by atoms with van der Waals surface area (Å²) in [6, 6.07) is 0.0781. The zero-order valence-electron chi connectivity index (χ0n) is 12.1. The highest BCUT2D eigenvalue weighted by atomic mass is 35.5. The normalized spacial score (nSPS) is 25.5. The number of rotatable bonds is 5. The molecule has 0 spiro atoms. The molecule has 4 nitrogen and oxygen atoms in total. The summed E-state index contributed by atoms with van der Waals surface area (Å²) in [5.74, 6) is 0. The van der Waals surface area contributed by atoms with Crippen molar-refractivity contribution in [3.8, 4) is 0 Å². The van der Waals surface area contributed by atoms with Crippen molar-refractivity contribution in [1.82, 2.24) is 15.1 Å². The van der Waals surface area contributed by atoms with Crippen LogP contribution in [0.15, 0.2) is 6.20 Å². The molecule has 1 aromatic heterocycles. The molecule has 1 aliphatic heterocycles. The van der Waals surface area contributed by atoms with Gasteiger partial charge >= 0.3 is 0 Å². The Morgan fingerprint density at radius 1 is 1.58 bits per heavy atom. The second-order valence-electron chi connectivity index (χ2n) is 5.44. The van der Waals surface area contributed by atoms with Gasteiger partial charge in [0.2, 0.25) is 0 Å². The molecule has 0 aliphatic carbocycles. The highest BCUT2D eigenvalue weighted by molar-refractivity contribution is 6.31. The molecule has 108 valence electrons. The van der Waals surface area contributed by atoms with Crippen LogP contribution in [0.3, 0.4) is 0 Å². The molecule has 1 saturated heterocycles. The molecule has 1 aromatic rings. The fourth-order valence-corrected chi connectivity index (χ4v) is 3.21. The van der Waals surface area contributed by atoms with E-state index in [1.807, 2.05) is 11.7 Å². The summed E-state index contributed by atoms with van der Waals surface area (Å²) in [6.07, 6.45) is 6.18. The van der Waals surface area contributed by atoms with E-state index in [1.165, 1.54) is 6.42 Å². The molecule has 1 aliphatic rings. The van der Waals surface area contributed by atoms with Gasteiger partial charge in [0.05, 0.1) is 28.6 Å². The second-order valence-corrected chi connectivity index (χ2v) is 5.85. The van der Waals surface area contributed by atoms with Crippen LogP contribution in [0.2, 0.25) is 5.02 Å². The zero-order chi connectivity index (χ0) is 13.9. The predicted molar refractivity (Wildman–Crippen MR) is 77.5 cm³/mol. The molecule has 19 heavy (non-hydrogen) atoms. The predicted octanol–water partition coefficient (Wildman–Crippen LogP) is 3.17. The summed E-state index contributed by atoms with van der Waals surface area (Å²) in [7, 11) is 1.97. The second kappa shape index (κ2) is 6.25. The van der Waals surface area contributed by atoms with E-state index in [0.717, 1.165) is 43.1 Å². The molecule has 2 heterocycles. The number of hydrogen-bond acceptors (Lipinski definition) is 3. The summed E-state index contributed by atoms with van der Waals surface area (Å²) in [5, 5.41) is 8.50. The van der Waals surface area contributed by atoms with Crippen LogP contribution < -0.4 is 5.32 Å². The summed E-state index contributed by atoms with van der Waals surface area (Å²) in [4.78, 5) is 0. The Hall–Kier alpha value is -0.580. The summed E-state index contributed by atoms with van der Waals surface area (Å²) >= 11 is 6.36. The van der Waals surface area contributed by atoms with E-state index >= 15 is 0 Å². The van der Waals surface area contributed by atoms with Crippen molar-refractivity contribution in [2.45, 2.75) is 57.7 Å². The topological polar surface area (TPSA) is 39.1 Å². The molecular formula is C14H24ClN3O. The lowest BCUT2D eigenvalue weighted by Gasteiger charge is -2.40. The minimum absolute atomic E-state index is 0.0781. The quantitative estimate of drug-likeness (QED) is 0.903. The van der Waals surface area contributed by atoms with E-state index in [9.17, 15) is 0 Å². The lowest BCUT2D eigenvalue weighted by molar-refractivity contribution is -0.0900. The first-order valence-electron chi connectivity index (χ1n) is 7.15. The molecule has 0 radical (unpaired) electrons. The van der Waals surface area contributed by atoms with Gasteiger partial charge in [-0.3, -0.25) is 4.68 Å². The summed E-state index contributed by atoms with van der Waals surface area (Å²) in [5.41, 5.74) is 0.845. The Bertz CT molecular complexity index is 413. The van der Waals surface area contributed by atoms with Crippen molar-refractivity contribution >= 4 is 11.6 Å². The van der Waals surface area contributed by atoms with E-state index in [-0.39, 0.29) is 11.6 Å². The minimum atomic E-state index is -0.206. The molecule has 0 amide bonds. The highest BCUT2D eigenvalue weighted by Gasteiger charge is 2.39. The number of aromatic nitrogens is 2. The Labute approximate surface area is 120 Å². The minimum Gasteiger partial charge on any atom is -0.373 e. The molecule has 2 unspecified atom stereocenters. The fraction of sp³-hybridized carbons (Fsp3) is 0.786. The molecule has 1 fully saturated rings. The van der Waals surface area contributed by atoms with E-state index < -0.39 is 0 Å². The molecule has 2 atom stereocenters. The maximum Gasteiger partial charge on any atom is 0.0864 e. The number of nitrogens with zero attached hydrogens (tertiary/aromatic N) is 2. The van der Waals surface area contributed by atoms with Gasteiger partial charge in [0, 0.05) is 13.2 Å². The third-order valence-electron chi connectivity index (χ3n) is 3.94. The van der Waals surface area contributed by atoms with Gasteiger partial charge < -0.3 is 10.1 Å². The SMILES string of the molecule is CCCn1ncc(Cl)c1C(NC)C1(C)CCCCO1. The Morgan fingerprint density at radius 3 is 2.95 bits per heavy atom. The molecule has 0 bridgehead atoms. The standard InChI is InChI=1S/C14H24ClN3O/c1-4-8-18-12(11(15)10-17-18)13(16-3)14(2)7-5-6-9-19-14/h10,13,16H,4-9H2,1-3H3. The smallest absolute Gasteiger partial charge is 0.0864 e. The maximum absolute atomic E-state index is 6.36. The number of hydrogen-bond donors (Lipinski definition) is 1. The van der Waals surface area contributed by atoms with E-state index in [1.54, 1.807) is 6.20 Å². The Balaban J connectivity index is 2.33. The third-order valence-corrected chi connectivity index (χ3v) is 4.23. The number of aryl methyl sites for hydroxylation is 1. The Morgan fingerprint density at radius 2 is 2.37 bits per heavy atom. The van der Waals surface area contributed by atoms with Gasteiger partial charge in [-0.1, -0.05) is 18.5 Å². The summed E-state index contributed by atoms with van der Waals surface area (Å²) in [6.45, 7) is 6.03. The number of ether oxygens (including phenoxy) is 1. The third kappa shape index (κ3) is 2.96. The molecule has 0 saturated carbocycles. The van der Waals surface area contributed by atoms with Crippen LogP contribution in [-0.2, 0) is 11.3 Å². The van der Waals surface area contributed by atoms with Crippen LogP contribution in [-0.4, -0.2) is 29.0 Å². The van der Waals surface area contributed by atoms with E-state index in [4.69, 9.17) is 16.3 Å². The Kier molecular flexibility index (Phi) is 4.87. The van der Waals surface area contributed by atoms with E-state index in [0.29, 0.717) is 0 Å². The number of likely N-dealkylation sites (N-methyl/N-ethyl adjacent to an activating group) is 1. The fourth-order valence-electron chi connectivity index (χ4n) is 2.96. The first kappa shape index (κ1) is 14.8. The van der Waals surface area contributed by atoms with Crippen LogP contribution in [0.5, 0.6) is 0 Å². The maximum atomic E-state index is 6.36. The monoisotopic (exact) mass is 285 g/mol. The van der Waals surface area contributed by atoms with Gasteiger partial charge in [0.25, 0.3) is 0 Å².